The number of carbonyl (C=O) groups is 1. The second-order valence-electron chi connectivity index (χ2n) is 2.04. The Balaban J connectivity index is 3.26. The molecule has 0 aliphatic carbocycles. The molecule has 0 unspecified atom stereocenters. The molecule has 8 heteroatoms. The predicted octanol–water partition coefficient (Wildman–Crippen LogP) is -0.146. The van der Waals surface area contributed by atoms with Crippen molar-refractivity contribution >= 4 is 16.2 Å². The number of hydrogen-bond donors (Lipinski definition) is 1. The zero-order valence-electron chi connectivity index (χ0n) is 6.44. The molecule has 0 saturated heterocycles. The second-order valence-corrected chi connectivity index (χ2v) is 3.35. The minimum Gasteiger partial charge on any atom is -0.464 e. The lowest BCUT2D eigenvalue weighted by Crippen LogP contribution is -2.06. The normalized spacial score (nSPS) is 11.2. The van der Waals surface area contributed by atoms with E-state index >= 15 is 0 Å². The van der Waals surface area contributed by atoms with Gasteiger partial charge in [-0.3, -0.25) is 5.10 Å². The van der Waals surface area contributed by atoms with E-state index in [1.165, 1.54) is 0 Å². The number of aromatic nitrogens is 2. The third kappa shape index (κ3) is 1.83. The molecule has 1 N–H and O–H groups in total. The number of ether oxygens (including phenoxy) is 1. The van der Waals surface area contributed by atoms with Gasteiger partial charge >= 0.3 is 16.2 Å². The van der Waals surface area contributed by atoms with Gasteiger partial charge in [0.05, 0.1) is 13.3 Å². The van der Waals surface area contributed by atoms with Gasteiger partial charge < -0.3 is 4.74 Å². The Kier molecular flexibility index (Phi) is 2.32. The maximum absolute atomic E-state index is 12.4. The average molecular weight is 208 g/mol. The van der Waals surface area contributed by atoms with Crippen molar-refractivity contribution in [2.75, 3.05) is 7.11 Å². The van der Waals surface area contributed by atoms with E-state index in [1.807, 2.05) is 5.10 Å². The molecule has 1 heterocycles. The van der Waals surface area contributed by atoms with Crippen LogP contribution >= 0.6 is 0 Å². The summed E-state index contributed by atoms with van der Waals surface area (Å²) in [7, 11) is -3.90. The molecule has 13 heavy (non-hydrogen) atoms. The molecule has 0 saturated carbocycles. The fraction of sp³-hybridized carbons (Fsp3) is 0.200. The number of nitrogens with one attached hydrogen (secondary N) is 1. The predicted molar refractivity (Wildman–Crippen MR) is 38.2 cm³/mol. The topological polar surface area (TPSA) is 89.1 Å². The molecule has 0 aromatic carbocycles. The fourth-order valence-electron chi connectivity index (χ4n) is 0.708. The minimum absolute atomic E-state index is 0.523. The summed E-state index contributed by atoms with van der Waals surface area (Å²) in [6.07, 6.45) is 0.696. The standard InChI is InChI=1S/C5H5FN2O4S/c1-12-5(9)4-3(2-7-8-4)13(6,10)11/h2H,1H3,(H,7,8). The highest BCUT2D eigenvalue weighted by atomic mass is 32.3. The lowest BCUT2D eigenvalue weighted by molar-refractivity contribution is 0.0589. The third-order valence-electron chi connectivity index (χ3n) is 1.26. The van der Waals surface area contributed by atoms with Crippen LogP contribution in [0, 0.1) is 0 Å². The molecule has 0 atom stereocenters. The minimum atomic E-state index is -4.94. The highest BCUT2D eigenvalue weighted by molar-refractivity contribution is 7.86. The summed E-state index contributed by atoms with van der Waals surface area (Å²) in [5, 5.41) is 5.23. The highest BCUT2D eigenvalue weighted by Gasteiger charge is 2.24. The van der Waals surface area contributed by atoms with Gasteiger partial charge in [-0.1, -0.05) is 0 Å². The Morgan fingerprint density at radius 2 is 2.31 bits per heavy atom. The van der Waals surface area contributed by atoms with Gasteiger partial charge in [-0.25, -0.2) is 4.79 Å². The summed E-state index contributed by atoms with van der Waals surface area (Å²) in [4.78, 5) is 10.00. The van der Waals surface area contributed by atoms with Gasteiger partial charge in [0, 0.05) is 0 Å². The first-order valence-corrected chi connectivity index (χ1v) is 4.41. The quantitative estimate of drug-likeness (QED) is 0.539. The highest BCUT2D eigenvalue weighted by Crippen LogP contribution is 2.15. The Hall–Kier alpha value is -1.44. The smallest absolute Gasteiger partial charge is 0.357 e. The number of nitrogens with zero attached hydrogens (tertiary/aromatic N) is 1. The van der Waals surface area contributed by atoms with Crippen LogP contribution in [0.15, 0.2) is 11.1 Å². The van der Waals surface area contributed by atoms with Crippen molar-refractivity contribution in [2.45, 2.75) is 4.90 Å². The van der Waals surface area contributed by atoms with E-state index < -0.39 is 26.8 Å². The molecule has 0 amide bonds. The molecule has 0 aliphatic heterocycles. The van der Waals surface area contributed by atoms with Crippen LogP contribution < -0.4 is 0 Å². The van der Waals surface area contributed by atoms with Crippen molar-refractivity contribution in [1.29, 1.82) is 0 Å². The third-order valence-corrected chi connectivity index (χ3v) is 2.09. The average Bonchev–Trinajstić information content (AvgIpc) is 2.49. The summed E-state index contributed by atoms with van der Waals surface area (Å²) in [6.45, 7) is 0. The van der Waals surface area contributed by atoms with E-state index in [0.29, 0.717) is 6.20 Å². The summed E-state index contributed by atoms with van der Waals surface area (Å²) in [5.74, 6) is -0.992. The van der Waals surface area contributed by atoms with Gasteiger partial charge in [-0.05, 0) is 0 Å². The van der Waals surface area contributed by atoms with Gasteiger partial charge in [0.2, 0.25) is 0 Å². The van der Waals surface area contributed by atoms with Crippen LogP contribution in [0.2, 0.25) is 0 Å². The molecular weight excluding hydrogens is 203 g/mol. The number of methoxy groups -OCH3 is 1. The molecule has 0 fully saturated rings. The second kappa shape index (κ2) is 3.13. The van der Waals surface area contributed by atoms with Crippen LogP contribution in [0.1, 0.15) is 10.5 Å². The zero-order valence-corrected chi connectivity index (χ0v) is 7.26. The van der Waals surface area contributed by atoms with Crippen molar-refractivity contribution in [3.63, 3.8) is 0 Å². The van der Waals surface area contributed by atoms with Gasteiger partial charge in [0.15, 0.2) is 10.6 Å². The zero-order chi connectivity index (χ0) is 10.1. The van der Waals surface area contributed by atoms with Gasteiger partial charge in [0.1, 0.15) is 0 Å². The first-order chi connectivity index (χ1) is 5.96. The number of hydrogen-bond acceptors (Lipinski definition) is 5. The summed E-state index contributed by atoms with van der Waals surface area (Å²) < 4.78 is 37.4. The van der Waals surface area contributed by atoms with Crippen LogP contribution in [-0.2, 0) is 15.0 Å². The van der Waals surface area contributed by atoms with E-state index in [2.05, 4.69) is 9.84 Å². The van der Waals surface area contributed by atoms with Crippen LogP contribution in [0.4, 0.5) is 3.89 Å². The number of H-pyrrole nitrogens is 1. The van der Waals surface area contributed by atoms with Gasteiger partial charge in [-0.15, -0.1) is 3.89 Å². The Labute approximate surface area is 72.9 Å². The van der Waals surface area contributed by atoms with E-state index in [0.717, 1.165) is 7.11 Å². The van der Waals surface area contributed by atoms with E-state index in [-0.39, 0.29) is 0 Å². The Morgan fingerprint density at radius 1 is 1.69 bits per heavy atom. The van der Waals surface area contributed by atoms with Crippen LogP contribution in [0.25, 0.3) is 0 Å². The summed E-state index contributed by atoms with van der Waals surface area (Å²) in [6, 6.07) is 0. The van der Waals surface area contributed by atoms with Crippen molar-refractivity contribution in [3.05, 3.63) is 11.9 Å². The van der Waals surface area contributed by atoms with Gasteiger partial charge in [-0.2, -0.15) is 13.5 Å². The Morgan fingerprint density at radius 3 is 2.77 bits per heavy atom. The van der Waals surface area contributed by atoms with E-state index in [4.69, 9.17) is 0 Å². The summed E-state index contributed by atoms with van der Waals surface area (Å²) >= 11 is 0. The SMILES string of the molecule is COC(=O)c1[nH]ncc1S(=O)(=O)F. The largest absolute Gasteiger partial charge is 0.464 e. The first-order valence-electron chi connectivity index (χ1n) is 3.03. The fourth-order valence-corrected chi connectivity index (χ4v) is 1.26. The van der Waals surface area contributed by atoms with Crippen LogP contribution in [0.3, 0.4) is 0 Å². The molecule has 6 nitrogen and oxygen atoms in total. The summed E-state index contributed by atoms with van der Waals surface area (Å²) in [5.41, 5.74) is -0.523. The molecule has 1 rings (SSSR count). The van der Waals surface area contributed by atoms with Crippen molar-refractivity contribution in [3.8, 4) is 0 Å². The van der Waals surface area contributed by atoms with E-state index in [9.17, 15) is 17.1 Å². The number of halogens is 1. The molecule has 72 valence electrons. The monoisotopic (exact) mass is 208 g/mol. The maximum Gasteiger partial charge on any atom is 0.357 e. The Bertz CT molecular complexity index is 423. The number of esters is 1. The van der Waals surface area contributed by atoms with Crippen LogP contribution in [-0.4, -0.2) is 31.7 Å². The van der Waals surface area contributed by atoms with E-state index in [1.54, 1.807) is 0 Å². The molecule has 0 bridgehead atoms. The molecule has 1 aromatic heterocycles. The molecule has 1 aromatic rings. The lowest BCUT2D eigenvalue weighted by Gasteiger charge is -1.95. The molecule has 0 radical (unpaired) electrons. The number of aromatic amines is 1. The molecule has 0 spiro atoms. The number of rotatable bonds is 2. The lowest BCUT2D eigenvalue weighted by atomic mass is 10.4. The van der Waals surface area contributed by atoms with Crippen molar-refractivity contribution in [2.24, 2.45) is 0 Å². The maximum atomic E-state index is 12.4. The molecule has 0 aliphatic rings. The van der Waals surface area contributed by atoms with Crippen LogP contribution in [0.5, 0.6) is 0 Å². The van der Waals surface area contributed by atoms with Crippen molar-refractivity contribution < 1.29 is 21.8 Å². The first kappa shape index (κ1) is 9.65. The number of carbonyl (C=O) groups excluding carboxylic acids is 1. The molecular formula is C5H5FN2O4S. The van der Waals surface area contributed by atoms with Crippen molar-refractivity contribution in [1.82, 2.24) is 10.2 Å². The van der Waals surface area contributed by atoms with Gasteiger partial charge in [0.25, 0.3) is 0 Å².